The normalized spacial score (nSPS) is 20.9. The number of aryl methyl sites for hydroxylation is 1. The average Bonchev–Trinajstić information content (AvgIpc) is 2.81. The fourth-order valence-corrected chi connectivity index (χ4v) is 5.35. The van der Waals surface area contributed by atoms with Crippen LogP contribution in [0.15, 0.2) is 39.6 Å². The Morgan fingerprint density at radius 1 is 1.24 bits per heavy atom. The van der Waals surface area contributed by atoms with Gasteiger partial charge in [0.25, 0.3) is 0 Å². The minimum atomic E-state index is -0.380. The van der Waals surface area contributed by atoms with Gasteiger partial charge >= 0.3 is 5.63 Å². The molecule has 0 aliphatic carbocycles. The largest absolute Gasteiger partial charge is 0.489 e. The number of nitrogens with one attached hydrogen (secondary N) is 1. The van der Waals surface area contributed by atoms with Crippen LogP contribution in [0, 0.1) is 12.8 Å². The van der Waals surface area contributed by atoms with Crippen molar-refractivity contribution in [3.63, 3.8) is 0 Å². The van der Waals surface area contributed by atoms with E-state index in [4.69, 9.17) is 9.15 Å². The van der Waals surface area contributed by atoms with Crippen LogP contribution in [0.25, 0.3) is 11.0 Å². The molecule has 6 heteroatoms. The van der Waals surface area contributed by atoms with Crippen LogP contribution in [-0.2, 0) is 11.2 Å². The van der Waals surface area contributed by atoms with Gasteiger partial charge in [-0.15, -0.1) is 0 Å². The second kappa shape index (κ2) is 10.6. The van der Waals surface area contributed by atoms with Crippen molar-refractivity contribution in [2.45, 2.75) is 64.8 Å². The lowest BCUT2D eigenvalue weighted by Gasteiger charge is -2.44. The smallest absolute Gasteiger partial charge is 0.339 e. The molecule has 1 N–H and O–H groups in total. The Kier molecular flexibility index (Phi) is 7.53. The van der Waals surface area contributed by atoms with E-state index in [2.05, 4.69) is 16.8 Å². The topological polar surface area (TPSA) is 71.8 Å². The summed E-state index contributed by atoms with van der Waals surface area (Å²) in [5.41, 5.74) is 2.48. The molecule has 1 aromatic heterocycles. The van der Waals surface area contributed by atoms with Gasteiger partial charge in [0.2, 0.25) is 5.91 Å². The molecule has 0 spiro atoms. The first kappa shape index (κ1) is 23.6. The molecule has 1 amide bonds. The van der Waals surface area contributed by atoms with Crippen LogP contribution < -0.4 is 15.7 Å². The van der Waals surface area contributed by atoms with Gasteiger partial charge in [-0.25, -0.2) is 4.79 Å². The monoisotopic (exact) mass is 452 g/mol. The Balaban J connectivity index is 1.36. The third kappa shape index (κ3) is 5.67. The van der Waals surface area contributed by atoms with Gasteiger partial charge < -0.3 is 19.4 Å². The quantitative estimate of drug-likeness (QED) is 0.476. The van der Waals surface area contributed by atoms with E-state index in [0.29, 0.717) is 41.9 Å². The predicted molar refractivity (Wildman–Crippen MR) is 131 cm³/mol. The van der Waals surface area contributed by atoms with E-state index in [0.717, 1.165) is 23.1 Å². The van der Waals surface area contributed by atoms with Crippen LogP contribution in [0.4, 0.5) is 0 Å². The number of benzene rings is 1. The SMILES string of the molecule is C=C(C)COc1ccc2c(C)c(CCC(=O)NCC3CCCN4CCCCC34)c(=O)oc2c1. The van der Waals surface area contributed by atoms with Crippen LogP contribution in [-0.4, -0.2) is 43.1 Å². The van der Waals surface area contributed by atoms with Gasteiger partial charge in [-0.2, -0.15) is 0 Å². The van der Waals surface area contributed by atoms with E-state index in [9.17, 15) is 9.59 Å². The number of hydrogen-bond donors (Lipinski definition) is 1. The van der Waals surface area contributed by atoms with Gasteiger partial charge in [0.05, 0.1) is 0 Å². The molecule has 1 aromatic carbocycles. The molecular formula is C27H36N2O4. The van der Waals surface area contributed by atoms with E-state index in [1.165, 1.54) is 45.2 Å². The molecule has 2 unspecified atom stereocenters. The van der Waals surface area contributed by atoms with Crippen LogP contribution in [0.3, 0.4) is 0 Å². The molecule has 2 atom stereocenters. The number of carbonyl (C=O) groups is 1. The zero-order chi connectivity index (χ0) is 23.4. The summed E-state index contributed by atoms with van der Waals surface area (Å²) in [6.07, 6.45) is 6.91. The van der Waals surface area contributed by atoms with Gasteiger partial charge in [-0.05, 0) is 88.2 Å². The summed E-state index contributed by atoms with van der Waals surface area (Å²) in [4.78, 5) is 27.9. The first-order chi connectivity index (χ1) is 15.9. The molecule has 2 aliphatic rings. The highest BCUT2D eigenvalue weighted by Crippen LogP contribution is 2.30. The van der Waals surface area contributed by atoms with Crippen molar-refractivity contribution >= 4 is 16.9 Å². The lowest BCUT2D eigenvalue weighted by atomic mass is 9.83. The molecule has 2 fully saturated rings. The number of fused-ring (bicyclic) bond motifs is 2. The lowest BCUT2D eigenvalue weighted by Crippen LogP contribution is -2.51. The highest BCUT2D eigenvalue weighted by molar-refractivity contribution is 5.82. The van der Waals surface area contributed by atoms with Crippen LogP contribution in [0.2, 0.25) is 0 Å². The van der Waals surface area contributed by atoms with Crippen LogP contribution in [0.5, 0.6) is 5.75 Å². The Bertz CT molecular complexity index is 1070. The minimum Gasteiger partial charge on any atom is -0.489 e. The summed E-state index contributed by atoms with van der Waals surface area (Å²) >= 11 is 0. The summed E-state index contributed by atoms with van der Waals surface area (Å²) in [5, 5.41) is 4.01. The number of carbonyl (C=O) groups excluding carboxylic acids is 1. The Labute approximate surface area is 196 Å². The van der Waals surface area contributed by atoms with Gasteiger partial charge in [0.15, 0.2) is 0 Å². The molecule has 2 aromatic rings. The number of rotatable bonds is 8. The molecule has 0 bridgehead atoms. The van der Waals surface area contributed by atoms with Gasteiger partial charge in [-0.1, -0.05) is 13.0 Å². The van der Waals surface area contributed by atoms with E-state index in [1.54, 1.807) is 6.07 Å². The molecule has 2 aliphatic heterocycles. The molecule has 6 nitrogen and oxygen atoms in total. The number of ether oxygens (including phenoxy) is 1. The fraction of sp³-hybridized carbons (Fsp3) is 0.556. The third-order valence-electron chi connectivity index (χ3n) is 7.14. The molecule has 0 radical (unpaired) electrons. The highest BCUT2D eigenvalue weighted by atomic mass is 16.5. The molecule has 178 valence electrons. The van der Waals surface area contributed by atoms with E-state index in [-0.39, 0.29) is 18.0 Å². The number of amides is 1. The summed E-state index contributed by atoms with van der Waals surface area (Å²) < 4.78 is 11.2. The number of piperidine rings is 2. The van der Waals surface area contributed by atoms with E-state index in [1.807, 2.05) is 26.0 Å². The zero-order valence-corrected chi connectivity index (χ0v) is 20.0. The van der Waals surface area contributed by atoms with E-state index < -0.39 is 0 Å². The van der Waals surface area contributed by atoms with Crippen LogP contribution in [0.1, 0.15) is 56.6 Å². The maximum atomic E-state index is 12.6. The lowest BCUT2D eigenvalue weighted by molar-refractivity contribution is -0.121. The predicted octanol–water partition coefficient (Wildman–Crippen LogP) is 4.37. The summed E-state index contributed by atoms with van der Waals surface area (Å²) in [7, 11) is 0. The first-order valence-electron chi connectivity index (χ1n) is 12.3. The molecule has 2 saturated heterocycles. The van der Waals surface area contributed by atoms with Gasteiger partial charge in [0.1, 0.15) is 17.9 Å². The van der Waals surface area contributed by atoms with Gasteiger partial charge in [0, 0.05) is 36.0 Å². The minimum absolute atomic E-state index is 0.00497. The molecule has 33 heavy (non-hydrogen) atoms. The van der Waals surface area contributed by atoms with Crippen molar-refractivity contribution in [3.05, 3.63) is 51.9 Å². The molecular weight excluding hydrogens is 416 g/mol. The second-order valence-electron chi connectivity index (χ2n) is 9.70. The Morgan fingerprint density at radius 3 is 2.88 bits per heavy atom. The number of hydrogen-bond acceptors (Lipinski definition) is 5. The maximum Gasteiger partial charge on any atom is 0.339 e. The second-order valence-corrected chi connectivity index (χ2v) is 9.70. The molecule has 4 rings (SSSR count). The fourth-order valence-electron chi connectivity index (χ4n) is 5.35. The molecule has 3 heterocycles. The average molecular weight is 453 g/mol. The van der Waals surface area contributed by atoms with Crippen molar-refractivity contribution in [1.29, 1.82) is 0 Å². The standard InChI is InChI=1S/C27H36N2O4/c1-18(2)17-32-21-9-10-22-19(3)23(27(31)33-25(22)15-21)11-12-26(30)28-16-20-7-6-14-29-13-5-4-8-24(20)29/h9-10,15,20,24H,1,4-8,11-14,16-17H2,2-3H3,(H,28,30). The highest BCUT2D eigenvalue weighted by Gasteiger charge is 2.32. The summed E-state index contributed by atoms with van der Waals surface area (Å²) in [6.45, 7) is 11.2. The van der Waals surface area contributed by atoms with E-state index >= 15 is 0 Å². The summed E-state index contributed by atoms with van der Waals surface area (Å²) in [5.74, 6) is 1.18. The van der Waals surface area contributed by atoms with Crippen molar-refractivity contribution < 1.29 is 13.9 Å². The Morgan fingerprint density at radius 2 is 2.06 bits per heavy atom. The Hall–Kier alpha value is -2.60. The number of nitrogens with zero attached hydrogens (tertiary/aromatic N) is 1. The van der Waals surface area contributed by atoms with Crippen molar-refractivity contribution in [3.8, 4) is 5.75 Å². The first-order valence-corrected chi connectivity index (χ1v) is 12.3. The maximum absolute atomic E-state index is 12.6. The van der Waals surface area contributed by atoms with Crippen molar-refractivity contribution in [2.24, 2.45) is 5.92 Å². The third-order valence-corrected chi connectivity index (χ3v) is 7.14. The van der Waals surface area contributed by atoms with Crippen molar-refractivity contribution in [1.82, 2.24) is 10.2 Å². The van der Waals surface area contributed by atoms with Crippen LogP contribution >= 0.6 is 0 Å². The zero-order valence-electron chi connectivity index (χ0n) is 20.0. The summed E-state index contributed by atoms with van der Waals surface area (Å²) in [6, 6.07) is 6.13. The van der Waals surface area contributed by atoms with Crippen molar-refractivity contribution in [2.75, 3.05) is 26.2 Å². The molecule has 0 saturated carbocycles. The van der Waals surface area contributed by atoms with Gasteiger partial charge in [-0.3, -0.25) is 4.79 Å².